The molecule has 0 radical (unpaired) electrons. The molecule has 0 aliphatic heterocycles. The number of rotatable bonds is 5. The van der Waals surface area contributed by atoms with Gasteiger partial charge in [0.25, 0.3) is 0 Å². The third-order valence-corrected chi connectivity index (χ3v) is 5.54. The lowest BCUT2D eigenvalue weighted by atomic mass is 9.99. The molecule has 2 aromatic heterocycles. The van der Waals surface area contributed by atoms with Gasteiger partial charge in [-0.25, -0.2) is 4.79 Å². The second-order valence-electron chi connectivity index (χ2n) is 7.61. The summed E-state index contributed by atoms with van der Waals surface area (Å²) < 4.78 is 11.2. The molecule has 0 fully saturated rings. The van der Waals surface area contributed by atoms with Gasteiger partial charge in [-0.1, -0.05) is 12.1 Å². The number of benzene rings is 2. The zero-order chi connectivity index (χ0) is 21.4. The van der Waals surface area contributed by atoms with Crippen molar-refractivity contribution in [3.8, 4) is 5.75 Å². The predicted molar refractivity (Wildman–Crippen MR) is 115 cm³/mol. The predicted octanol–water partition coefficient (Wildman–Crippen LogP) is 4.07. The highest BCUT2D eigenvalue weighted by atomic mass is 16.4. The number of carbonyl (C=O) groups is 1. The lowest BCUT2D eigenvalue weighted by molar-refractivity contribution is -0.120. The molecule has 4 rings (SSSR count). The van der Waals surface area contributed by atoms with E-state index in [2.05, 4.69) is 5.32 Å². The highest BCUT2D eigenvalue weighted by molar-refractivity contribution is 6.00. The fourth-order valence-electron chi connectivity index (χ4n) is 3.75. The van der Waals surface area contributed by atoms with Crippen LogP contribution in [0.2, 0.25) is 0 Å². The first-order chi connectivity index (χ1) is 14.3. The minimum atomic E-state index is -0.501. The number of hydrogen-bond donors (Lipinski definition) is 2. The molecule has 6 nitrogen and oxygen atoms in total. The molecule has 0 unspecified atom stereocenters. The van der Waals surface area contributed by atoms with Gasteiger partial charge in [0.1, 0.15) is 16.9 Å². The van der Waals surface area contributed by atoms with Crippen molar-refractivity contribution in [2.75, 3.05) is 6.54 Å². The molecular weight excluding hydrogens is 382 g/mol. The summed E-state index contributed by atoms with van der Waals surface area (Å²) in [6.45, 7) is 6.12. The Morgan fingerprint density at radius 2 is 1.77 bits per heavy atom. The SMILES string of the molecule is Cc1coc2c(C)c3oc(=O)c(CC(=O)NCCc4ccc(O)cc4)c(C)c3cc12. The van der Waals surface area contributed by atoms with E-state index in [1.54, 1.807) is 18.4 Å². The van der Waals surface area contributed by atoms with Gasteiger partial charge in [-0.05, 0) is 62.1 Å². The largest absolute Gasteiger partial charge is 0.508 e. The average molecular weight is 405 g/mol. The average Bonchev–Trinajstić information content (AvgIpc) is 3.09. The molecule has 2 heterocycles. The number of furan rings is 1. The molecular formula is C24H23NO5. The maximum absolute atomic E-state index is 12.6. The number of phenols is 1. The summed E-state index contributed by atoms with van der Waals surface area (Å²) in [7, 11) is 0. The fourth-order valence-corrected chi connectivity index (χ4v) is 3.75. The van der Waals surface area contributed by atoms with Gasteiger partial charge in [-0.2, -0.15) is 0 Å². The van der Waals surface area contributed by atoms with Crippen LogP contribution >= 0.6 is 0 Å². The molecule has 2 N–H and O–H groups in total. The number of aryl methyl sites for hydroxylation is 3. The molecule has 0 saturated heterocycles. The van der Waals surface area contributed by atoms with Crippen molar-refractivity contribution in [1.29, 1.82) is 0 Å². The first kappa shape index (κ1) is 19.8. The van der Waals surface area contributed by atoms with E-state index < -0.39 is 5.63 Å². The Bertz CT molecular complexity index is 1310. The number of phenolic OH excluding ortho intramolecular Hbond substituents is 1. The van der Waals surface area contributed by atoms with Crippen molar-refractivity contribution in [3.05, 3.63) is 74.8 Å². The van der Waals surface area contributed by atoms with Gasteiger partial charge in [0.05, 0.1) is 18.2 Å². The minimum Gasteiger partial charge on any atom is -0.508 e. The molecule has 2 aromatic carbocycles. The Morgan fingerprint density at radius 3 is 2.50 bits per heavy atom. The number of amides is 1. The highest BCUT2D eigenvalue weighted by Gasteiger charge is 2.19. The molecule has 0 aliphatic rings. The summed E-state index contributed by atoms with van der Waals surface area (Å²) in [5.41, 5.74) is 4.61. The Kier molecular flexibility index (Phi) is 5.08. The van der Waals surface area contributed by atoms with Crippen molar-refractivity contribution < 1.29 is 18.7 Å². The van der Waals surface area contributed by atoms with E-state index in [-0.39, 0.29) is 18.1 Å². The monoisotopic (exact) mass is 405 g/mol. The second-order valence-corrected chi connectivity index (χ2v) is 7.61. The van der Waals surface area contributed by atoms with E-state index in [4.69, 9.17) is 8.83 Å². The van der Waals surface area contributed by atoms with Gasteiger partial charge in [0.15, 0.2) is 0 Å². The quantitative estimate of drug-likeness (QED) is 0.488. The molecule has 0 saturated carbocycles. The van der Waals surface area contributed by atoms with Gasteiger partial charge < -0.3 is 19.3 Å². The topological polar surface area (TPSA) is 92.7 Å². The van der Waals surface area contributed by atoms with Crippen LogP contribution in [0, 0.1) is 20.8 Å². The molecule has 4 aromatic rings. The number of aromatic hydroxyl groups is 1. The normalized spacial score (nSPS) is 11.3. The van der Waals surface area contributed by atoms with Crippen molar-refractivity contribution in [3.63, 3.8) is 0 Å². The Balaban J connectivity index is 1.56. The first-order valence-corrected chi connectivity index (χ1v) is 9.83. The lowest BCUT2D eigenvalue weighted by Gasteiger charge is -2.10. The summed E-state index contributed by atoms with van der Waals surface area (Å²) in [5.74, 6) is -0.0276. The molecule has 1 amide bonds. The summed E-state index contributed by atoms with van der Waals surface area (Å²) in [6, 6.07) is 8.80. The van der Waals surface area contributed by atoms with Crippen LogP contribution in [0.3, 0.4) is 0 Å². The van der Waals surface area contributed by atoms with Gasteiger partial charge in [0, 0.05) is 22.9 Å². The summed E-state index contributed by atoms with van der Waals surface area (Å²) in [6.07, 6.45) is 2.28. The lowest BCUT2D eigenvalue weighted by Crippen LogP contribution is -2.29. The van der Waals surface area contributed by atoms with Crippen LogP contribution in [0.15, 0.2) is 50.2 Å². The Hall–Kier alpha value is -3.54. The number of carbonyl (C=O) groups excluding carboxylic acids is 1. The third-order valence-electron chi connectivity index (χ3n) is 5.54. The first-order valence-electron chi connectivity index (χ1n) is 9.83. The Morgan fingerprint density at radius 1 is 1.03 bits per heavy atom. The van der Waals surface area contributed by atoms with E-state index in [1.807, 2.05) is 39.0 Å². The van der Waals surface area contributed by atoms with Crippen LogP contribution in [0.5, 0.6) is 5.75 Å². The Labute approximate surface area is 173 Å². The van der Waals surface area contributed by atoms with Crippen LogP contribution in [-0.4, -0.2) is 17.6 Å². The maximum Gasteiger partial charge on any atom is 0.340 e. The molecule has 6 heteroatoms. The van der Waals surface area contributed by atoms with E-state index >= 15 is 0 Å². The van der Waals surface area contributed by atoms with E-state index in [9.17, 15) is 14.7 Å². The van der Waals surface area contributed by atoms with E-state index in [0.29, 0.717) is 29.7 Å². The smallest absolute Gasteiger partial charge is 0.340 e. The van der Waals surface area contributed by atoms with Gasteiger partial charge in [-0.3, -0.25) is 4.79 Å². The molecule has 0 bridgehead atoms. The van der Waals surface area contributed by atoms with E-state index in [0.717, 1.165) is 33.0 Å². The van der Waals surface area contributed by atoms with Crippen LogP contribution in [0.25, 0.3) is 21.9 Å². The van der Waals surface area contributed by atoms with Crippen molar-refractivity contribution in [2.24, 2.45) is 0 Å². The molecule has 30 heavy (non-hydrogen) atoms. The van der Waals surface area contributed by atoms with Crippen molar-refractivity contribution in [2.45, 2.75) is 33.6 Å². The number of nitrogens with one attached hydrogen (secondary N) is 1. The zero-order valence-corrected chi connectivity index (χ0v) is 17.2. The molecule has 154 valence electrons. The molecule has 0 spiro atoms. The second kappa shape index (κ2) is 7.71. The summed E-state index contributed by atoms with van der Waals surface area (Å²) >= 11 is 0. The van der Waals surface area contributed by atoms with Crippen molar-refractivity contribution in [1.82, 2.24) is 5.32 Å². The van der Waals surface area contributed by atoms with Crippen LogP contribution in [0.4, 0.5) is 0 Å². The van der Waals surface area contributed by atoms with Crippen LogP contribution < -0.4 is 10.9 Å². The molecule has 0 aliphatic carbocycles. The maximum atomic E-state index is 12.6. The summed E-state index contributed by atoms with van der Waals surface area (Å²) in [5, 5.41) is 14.0. The third kappa shape index (κ3) is 3.56. The van der Waals surface area contributed by atoms with Crippen LogP contribution in [0.1, 0.15) is 27.8 Å². The standard InChI is InChI=1S/C24H23NO5/c1-13-12-29-22-15(3)23-19(10-18(13)22)14(2)20(24(28)30-23)11-21(27)25-9-8-16-4-6-17(26)7-5-16/h4-7,10,12,26H,8-9,11H2,1-3H3,(H,25,27). The summed E-state index contributed by atoms with van der Waals surface area (Å²) in [4.78, 5) is 25.1. The minimum absolute atomic E-state index is 0.0405. The fraction of sp³-hybridized carbons (Fsp3) is 0.250. The number of hydrogen-bond acceptors (Lipinski definition) is 5. The van der Waals surface area contributed by atoms with E-state index in [1.165, 1.54) is 0 Å². The van der Waals surface area contributed by atoms with Gasteiger partial charge in [-0.15, -0.1) is 0 Å². The van der Waals surface area contributed by atoms with Gasteiger partial charge in [0.2, 0.25) is 5.91 Å². The van der Waals surface area contributed by atoms with Crippen LogP contribution in [-0.2, 0) is 17.6 Å². The van der Waals surface area contributed by atoms with Crippen molar-refractivity contribution >= 4 is 27.8 Å². The highest BCUT2D eigenvalue weighted by Crippen LogP contribution is 2.32. The number of fused-ring (bicyclic) bond motifs is 2. The van der Waals surface area contributed by atoms with Gasteiger partial charge >= 0.3 is 5.63 Å². The zero-order valence-electron chi connectivity index (χ0n) is 17.2. The molecule has 0 atom stereocenters.